The van der Waals surface area contributed by atoms with E-state index in [1.54, 1.807) is 24.0 Å². The van der Waals surface area contributed by atoms with E-state index in [9.17, 15) is 4.79 Å². The minimum absolute atomic E-state index is 0. The Bertz CT molecular complexity index is 407. The summed E-state index contributed by atoms with van der Waals surface area (Å²) in [6.07, 6.45) is 3.86. The maximum absolute atomic E-state index is 12.4. The lowest BCUT2D eigenvalue weighted by atomic mass is 9.90. The van der Waals surface area contributed by atoms with Crippen molar-refractivity contribution in [1.29, 1.82) is 0 Å². The summed E-state index contributed by atoms with van der Waals surface area (Å²) in [4.78, 5) is 14.3. The second-order valence-corrected chi connectivity index (χ2v) is 4.76. The third-order valence-corrected chi connectivity index (χ3v) is 3.66. The number of likely N-dealkylation sites (tertiary alicyclic amines) is 1. The second kappa shape index (κ2) is 6.20. The van der Waals surface area contributed by atoms with E-state index in [2.05, 4.69) is 12.0 Å². The molecule has 0 aromatic carbocycles. The van der Waals surface area contributed by atoms with E-state index in [1.807, 2.05) is 4.90 Å². The molecule has 0 bridgehead atoms. The van der Waals surface area contributed by atoms with Crippen LogP contribution in [0.2, 0.25) is 0 Å². The van der Waals surface area contributed by atoms with E-state index in [1.165, 1.54) is 0 Å². The fourth-order valence-corrected chi connectivity index (χ4v) is 2.59. The number of nitrogens with zero attached hydrogens (tertiary/aromatic N) is 3. The standard InChI is InChI=1S/C12H20N4O.ClH/c1-9-4-3-7-16(11(9)8-13)12(17)10-5-6-14-15(10)2;/h5-6,9,11H,3-4,7-8,13H2,1-2H3;1H. The molecule has 2 atom stereocenters. The van der Waals surface area contributed by atoms with Crippen LogP contribution in [0.1, 0.15) is 30.3 Å². The number of piperidine rings is 1. The van der Waals surface area contributed by atoms with E-state index in [-0.39, 0.29) is 24.4 Å². The molecular weight excluding hydrogens is 252 g/mol. The molecule has 0 radical (unpaired) electrons. The van der Waals surface area contributed by atoms with Crippen LogP contribution in [0.15, 0.2) is 12.3 Å². The first-order chi connectivity index (χ1) is 8.15. The number of hydrogen-bond acceptors (Lipinski definition) is 3. The molecule has 2 heterocycles. The summed E-state index contributed by atoms with van der Waals surface area (Å²) in [6.45, 7) is 3.50. The SMILES string of the molecule is CC1CCCN(C(=O)c2ccnn2C)C1CN.Cl. The molecule has 0 aliphatic carbocycles. The van der Waals surface area contributed by atoms with Crippen molar-refractivity contribution in [3.63, 3.8) is 0 Å². The molecule has 0 spiro atoms. The van der Waals surface area contributed by atoms with Crippen molar-refractivity contribution in [2.45, 2.75) is 25.8 Å². The summed E-state index contributed by atoms with van der Waals surface area (Å²) >= 11 is 0. The van der Waals surface area contributed by atoms with Crippen LogP contribution in [-0.2, 0) is 7.05 Å². The van der Waals surface area contributed by atoms with Crippen LogP contribution in [-0.4, -0.2) is 39.7 Å². The highest BCUT2D eigenvalue weighted by atomic mass is 35.5. The molecule has 1 saturated heterocycles. The number of hydrogen-bond donors (Lipinski definition) is 1. The van der Waals surface area contributed by atoms with Gasteiger partial charge in [0.25, 0.3) is 5.91 Å². The summed E-state index contributed by atoms with van der Waals surface area (Å²) in [5.41, 5.74) is 6.43. The average molecular weight is 273 g/mol. The molecule has 5 nitrogen and oxygen atoms in total. The van der Waals surface area contributed by atoms with Gasteiger partial charge in [0.05, 0.1) is 0 Å². The van der Waals surface area contributed by atoms with Gasteiger partial charge in [-0.25, -0.2) is 0 Å². The Balaban J connectivity index is 0.00000162. The molecular formula is C12H21ClN4O. The zero-order valence-electron chi connectivity index (χ0n) is 10.9. The van der Waals surface area contributed by atoms with Gasteiger partial charge in [0.2, 0.25) is 0 Å². The van der Waals surface area contributed by atoms with Crippen LogP contribution < -0.4 is 5.73 Å². The van der Waals surface area contributed by atoms with Gasteiger partial charge in [0, 0.05) is 32.4 Å². The summed E-state index contributed by atoms with van der Waals surface area (Å²) < 4.78 is 1.62. The average Bonchev–Trinajstić information content (AvgIpc) is 2.74. The van der Waals surface area contributed by atoms with Gasteiger partial charge < -0.3 is 10.6 Å². The molecule has 2 N–H and O–H groups in total. The van der Waals surface area contributed by atoms with Crippen molar-refractivity contribution in [1.82, 2.24) is 14.7 Å². The summed E-state index contributed by atoms with van der Waals surface area (Å²) in [7, 11) is 1.79. The number of aryl methyl sites for hydroxylation is 1. The third-order valence-electron chi connectivity index (χ3n) is 3.66. The molecule has 6 heteroatoms. The van der Waals surface area contributed by atoms with E-state index >= 15 is 0 Å². The Morgan fingerprint density at radius 3 is 2.89 bits per heavy atom. The van der Waals surface area contributed by atoms with Gasteiger partial charge in [0.1, 0.15) is 5.69 Å². The van der Waals surface area contributed by atoms with Gasteiger partial charge in [-0.15, -0.1) is 12.4 Å². The Hall–Kier alpha value is -1.07. The first kappa shape index (κ1) is 15.0. The number of aromatic nitrogens is 2. The number of carbonyl (C=O) groups is 1. The maximum Gasteiger partial charge on any atom is 0.272 e. The molecule has 1 aromatic heterocycles. The predicted molar refractivity (Wildman–Crippen MR) is 72.7 cm³/mol. The van der Waals surface area contributed by atoms with Gasteiger partial charge in [-0.05, 0) is 24.8 Å². The van der Waals surface area contributed by atoms with Crippen molar-refractivity contribution in [2.75, 3.05) is 13.1 Å². The first-order valence-corrected chi connectivity index (χ1v) is 6.14. The van der Waals surface area contributed by atoms with Gasteiger partial charge in [-0.3, -0.25) is 9.48 Å². The number of carbonyl (C=O) groups excluding carboxylic acids is 1. The fraction of sp³-hybridized carbons (Fsp3) is 0.667. The van der Waals surface area contributed by atoms with Crippen molar-refractivity contribution in [3.05, 3.63) is 18.0 Å². The monoisotopic (exact) mass is 272 g/mol. The lowest BCUT2D eigenvalue weighted by Gasteiger charge is -2.39. The minimum Gasteiger partial charge on any atom is -0.333 e. The zero-order chi connectivity index (χ0) is 12.4. The molecule has 2 rings (SSSR count). The lowest BCUT2D eigenvalue weighted by Crippen LogP contribution is -2.51. The highest BCUT2D eigenvalue weighted by Crippen LogP contribution is 2.24. The Morgan fingerprint density at radius 2 is 2.33 bits per heavy atom. The molecule has 2 unspecified atom stereocenters. The highest BCUT2D eigenvalue weighted by molar-refractivity contribution is 5.92. The van der Waals surface area contributed by atoms with Crippen LogP contribution in [0.3, 0.4) is 0 Å². The molecule has 1 aliphatic heterocycles. The first-order valence-electron chi connectivity index (χ1n) is 6.14. The number of rotatable bonds is 2. The summed E-state index contributed by atoms with van der Waals surface area (Å²) in [5.74, 6) is 0.526. The van der Waals surface area contributed by atoms with E-state index < -0.39 is 0 Å². The molecule has 102 valence electrons. The maximum atomic E-state index is 12.4. The largest absolute Gasteiger partial charge is 0.333 e. The van der Waals surface area contributed by atoms with Crippen LogP contribution in [0.5, 0.6) is 0 Å². The van der Waals surface area contributed by atoms with E-state index in [0.29, 0.717) is 18.2 Å². The molecule has 0 saturated carbocycles. The summed E-state index contributed by atoms with van der Waals surface area (Å²) in [6, 6.07) is 1.92. The van der Waals surface area contributed by atoms with Gasteiger partial charge >= 0.3 is 0 Å². The summed E-state index contributed by atoms with van der Waals surface area (Å²) in [5, 5.41) is 4.04. The van der Waals surface area contributed by atoms with Crippen molar-refractivity contribution in [3.8, 4) is 0 Å². The topological polar surface area (TPSA) is 64.2 Å². The lowest BCUT2D eigenvalue weighted by molar-refractivity contribution is 0.0521. The minimum atomic E-state index is 0. The molecule has 18 heavy (non-hydrogen) atoms. The van der Waals surface area contributed by atoms with Crippen LogP contribution in [0.25, 0.3) is 0 Å². The quantitative estimate of drug-likeness (QED) is 0.875. The molecule has 1 aromatic rings. The third kappa shape index (κ3) is 2.67. The van der Waals surface area contributed by atoms with E-state index in [0.717, 1.165) is 19.4 Å². The second-order valence-electron chi connectivity index (χ2n) is 4.76. The van der Waals surface area contributed by atoms with E-state index in [4.69, 9.17) is 5.73 Å². The van der Waals surface area contributed by atoms with Crippen LogP contribution in [0.4, 0.5) is 0 Å². The predicted octanol–water partition coefficient (Wildman–Crippen LogP) is 1.04. The Kier molecular flexibility index (Phi) is 5.16. The highest BCUT2D eigenvalue weighted by Gasteiger charge is 2.32. The van der Waals surface area contributed by atoms with Crippen molar-refractivity contribution in [2.24, 2.45) is 18.7 Å². The van der Waals surface area contributed by atoms with Crippen molar-refractivity contribution >= 4 is 18.3 Å². The smallest absolute Gasteiger partial charge is 0.272 e. The Labute approximate surface area is 114 Å². The number of amides is 1. The van der Waals surface area contributed by atoms with Crippen LogP contribution in [0, 0.1) is 5.92 Å². The molecule has 1 amide bonds. The zero-order valence-corrected chi connectivity index (χ0v) is 11.7. The number of halogens is 1. The fourth-order valence-electron chi connectivity index (χ4n) is 2.59. The van der Waals surface area contributed by atoms with Gasteiger partial charge in [-0.1, -0.05) is 6.92 Å². The van der Waals surface area contributed by atoms with Gasteiger partial charge in [0.15, 0.2) is 0 Å². The van der Waals surface area contributed by atoms with Gasteiger partial charge in [-0.2, -0.15) is 5.10 Å². The Morgan fingerprint density at radius 1 is 1.61 bits per heavy atom. The number of nitrogens with two attached hydrogens (primary N) is 1. The molecule has 1 aliphatic rings. The molecule has 1 fully saturated rings. The normalized spacial score (nSPS) is 23.6. The van der Waals surface area contributed by atoms with Crippen molar-refractivity contribution < 1.29 is 4.79 Å². The van der Waals surface area contributed by atoms with Crippen LogP contribution >= 0.6 is 12.4 Å².